The predicted molar refractivity (Wildman–Crippen MR) is 173 cm³/mol. The van der Waals surface area contributed by atoms with Crippen LogP contribution >= 0.6 is 0 Å². The molecule has 266 valence electrons. The minimum Gasteiger partial charge on any atom is -0.457 e. The van der Waals surface area contributed by atoms with E-state index in [2.05, 4.69) is 41.5 Å². The Morgan fingerprint density at radius 2 is 1.64 bits per heavy atom. The average molecular weight is 661 g/mol. The Hall–Kier alpha value is -1.10. The lowest BCUT2D eigenvalue weighted by atomic mass is 9.41. The molecular formula is C38H60O9. The van der Waals surface area contributed by atoms with Crippen molar-refractivity contribution in [3.05, 3.63) is 0 Å². The van der Waals surface area contributed by atoms with Crippen LogP contribution in [0.1, 0.15) is 114 Å². The molecule has 2 saturated heterocycles. The zero-order chi connectivity index (χ0) is 34.3. The summed E-state index contributed by atoms with van der Waals surface area (Å²) in [7, 11) is 0. The standard InChI is InChI=1S/C38H60O9/c1-19-18-23(31(34(6,7)43)45-21(3)39)46-29-27(19)35(8)15-16-38-20(2)37(38)14-12-26(47-32-28(41)22(40)13-17-44-32)33(4,5)24(37)10-11-25(38)36(35,9)30(29)42/h19-20,22-29,31-32,40-41,43H,10-18H2,1-9H3/t19-,20-,22+,23?,24+,25?,26+,27+,28-,29?,31+,32+,35-,36-,37-,38+/m1/s1. The van der Waals surface area contributed by atoms with Crippen LogP contribution < -0.4 is 0 Å². The Morgan fingerprint density at radius 3 is 2.30 bits per heavy atom. The quantitative estimate of drug-likeness (QED) is 0.281. The summed E-state index contributed by atoms with van der Waals surface area (Å²) < 4.78 is 24.7. The van der Waals surface area contributed by atoms with E-state index in [9.17, 15) is 20.1 Å². The lowest BCUT2D eigenvalue weighted by molar-refractivity contribution is -0.285. The number of fused-ring (bicyclic) bond motifs is 4. The fourth-order valence-electron chi connectivity index (χ4n) is 14.1. The van der Waals surface area contributed by atoms with Crippen molar-refractivity contribution in [1.82, 2.24) is 0 Å². The summed E-state index contributed by atoms with van der Waals surface area (Å²) in [6.07, 6.45) is 2.33. The molecule has 2 heterocycles. The molecule has 0 aromatic carbocycles. The number of hydrogen-bond donors (Lipinski definition) is 3. The number of aliphatic hydroxyl groups is 3. The van der Waals surface area contributed by atoms with Gasteiger partial charge in [-0.1, -0.05) is 41.5 Å². The van der Waals surface area contributed by atoms with Gasteiger partial charge in [-0.05, 0) is 111 Å². The molecule has 0 amide bonds. The molecule has 47 heavy (non-hydrogen) atoms. The van der Waals surface area contributed by atoms with Crippen molar-refractivity contribution >= 4 is 11.8 Å². The molecule has 0 aromatic rings. The van der Waals surface area contributed by atoms with E-state index in [0.29, 0.717) is 31.3 Å². The number of esters is 1. The highest BCUT2D eigenvalue weighted by atomic mass is 16.7. The largest absolute Gasteiger partial charge is 0.457 e. The molecule has 3 unspecified atom stereocenters. The minimum atomic E-state index is -1.31. The number of hydrogen-bond acceptors (Lipinski definition) is 9. The molecule has 16 atom stereocenters. The van der Waals surface area contributed by atoms with Gasteiger partial charge in [0.25, 0.3) is 0 Å². The van der Waals surface area contributed by atoms with E-state index in [4.69, 9.17) is 18.9 Å². The smallest absolute Gasteiger partial charge is 0.303 e. The fourth-order valence-corrected chi connectivity index (χ4v) is 14.1. The number of ether oxygens (including phenoxy) is 4. The highest BCUT2D eigenvalue weighted by Crippen LogP contribution is 2.91. The van der Waals surface area contributed by atoms with Gasteiger partial charge >= 0.3 is 5.97 Å². The molecule has 7 fully saturated rings. The Kier molecular flexibility index (Phi) is 7.83. The lowest BCUT2D eigenvalue weighted by Gasteiger charge is -2.62. The SMILES string of the molecule is CC(=O)O[C@@H](C1C[C@@H](C)[C@H]2C(O1)C(=O)[C@@]1(C)C3CC[C@H]4C(C)(C)[C@@H](O[C@@H]5OCC[C@H](O)[C@H]5O)CC[C@@]45[C@@H](C)[C@@]35CC[C@]21C)C(C)(C)O. The molecule has 3 N–H and O–H groups in total. The second-order valence-corrected chi connectivity index (χ2v) is 18.6. The Bertz CT molecular complexity index is 1290. The fraction of sp³-hybridized carbons (Fsp3) is 0.947. The third-order valence-corrected chi connectivity index (χ3v) is 16.2. The topological polar surface area (TPSA) is 132 Å². The van der Waals surface area contributed by atoms with E-state index in [1.807, 2.05) is 0 Å². The van der Waals surface area contributed by atoms with Crippen molar-refractivity contribution < 1.29 is 43.9 Å². The van der Waals surface area contributed by atoms with E-state index in [-0.39, 0.29) is 51.3 Å². The van der Waals surface area contributed by atoms with Crippen molar-refractivity contribution in [3.8, 4) is 0 Å². The Morgan fingerprint density at radius 1 is 0.979 bits per heavy atom. The van der Waals surface area contributed by atoms with E-state index in [0.717, 1.165) is 38.5 Å². The van der Waals surface area contributed by atoms with Crippen molar-refractivity contribution in [2.75, 3.05) is 6.61 Å². The van der Waals surface area contributed by atoms with Crippen LogP contribution in [0.3, 0.4) is 0 Å². The van der Waals surface area contributed by atoms with Crippen LogP contribution in [0.25, 0.3) is 0 Å². The van der Waals surface area contributed by atoms with Gasteiger partial charge in [0.15, 0.2) is 18.2 Å². The molecule has 9 nitrogen and oxygen atoms in total. The molecule has 5 aliphatic carbocycles. The van der Waals surface area contributed by atoms with Gasteiger partial charge in [-0.2, -0.15) is 0 Å². The summed E-state index contributed by atoms with van der Waals surface area (Å²) in [4.78, 5) is 27.1. The first-order chi connectivity index (χ1) is 21.8. The molecule has 7 aliphatic rings. The van der Waals surface area contributed by atoms with E-state index < -0.39 is 53.8 Å². The van der Waals surface area contributed by atoms with Crippen molar-refractivity contribution in [2.45, 2.75) is 162 Å². The van der Waals surface area contributed by atoms with Crippen LogP contribution in [-0.2, 0) is 28.5 Å². The monoisotopic (exact) mass is 660 g/mol. The summed E-state index contributed by atoms with van der Waals surface area (Å²) in [5, 5.41) is 31.9. The Labute approximate surface area is 280 Å². The normalized spacial score (nSPS) is 53.9. The van der Waals surface area contributed by atoms with Gasteiger partial charge < -0.3 is 34.3 Å². The molecular weight excluding hydrogens is 600 g/mol. The summed E-state index contributed by atoms with van der Waals surface area (Å²) >= 11 is 0. The first kappa shape index (κ1) is 34.4. The number of Topliss-reactive ketones (excluding diaryl/α,β-unsaturated/α-hetero) is 1. The summed E-state index contributed by atoms with van der Waals surface area (Å²) in [6.45, 7) is 19.0. The summed E-state index contributed by atoms with van der Waals surface area (Å²) in [5.74, 6) is 1.19. The first-order valence-electron chi connectivity index (χ1n) is 18.5. The van der Waals surface area contributed by atoms with Crippen LogP contribution in [-0.4, -0.2) is 82.2 Å². The summed E-state index contributed by atoms with van der Waals surface area (Å²) in [5.41, 5.74) is -1.98. The van der Waals surface area contributed by atoms with Crippen molar-refractivity contribution in [3.63, 3.8) is 0 Å². The summed E-state index contributed by atoms with van der Waals surface area (Å²) in [6, 6.07) is 0. The van der Waals surface area contributed by atoms with Gasteiger partial charge in [0, 0.05) is 18.3 Å². The van der Waals surface area contributed by atoms with E-state index >= 15 is 4.79 Å². The Balaban J connectivity index is 1.18. The lowest BCUT2D eigenvalue weighted by Crippen LogP contribution is -2.60. The van der Waals surface area contributed by atoms with Gasteiger partial charge in [0.2, 0.25) is 0 Å². The highest BCUT2D eigenvalue weighted by Gasteiger charge is 2.88. The van der Waals surface area contributed by atoms with Gasteiger partial charge in [-0.15, -0.1) is 0 Å². The van der Waals surface area contributed by atoms with Crippen molar-refractivity contribution in [1.29, 1.82) is 0 Å². The zero-order valence-corrected chi connectivity index (χ0v) is 30.1. The van der Waals surface area contributed by atoms with Crippen molar-refractivity contribution in [2.24, 2.45) is 56.7 Å². The third-order valence-electron chi connectivity index (χ3n) is 16.2. The molecule has 9 heteroatoms. The zero-order valence-electron chi connectivity index (χ0n) is 30.1. The maximum atomic E-state index is 15.1. The number of carbonyl (C=O) groups excluding carboxylic acids is 2. The second kappa shape index (κ2) is 10.7. The van der Waals surface area contributed by atoms with Crippen LogP contribution in [0, 0.1) is 56.7 Å². The molecule has 7 rings (SSSR count). The van der Waals surface area contributed by atoms with Crippen LogP contribution in [0.15, 0.2) is 0 Å². The average Bonchev–Trinajstić information content (AvgIpc) is 3.45. The second-order valence-electron chi connectivity index (χ2n) is 18.6. The van der Waals surface area contributed by atoms with E-state index in [1.165, 1.54) is 6.92 Å². The molecule has 0 aromatic heterocycles. The van der Waals surface area contributed by atoms with E-state index in [1.54, 1.807) is 13.8 Å². The molecule has 0 bridgehead atoms. The molecule has 5 saturated carbocycles. The predicted octanol–water partition coefficient (Wildman–Crippen LogP) is 4.81. The van der Waals surface area contributed by atoms with Gasteiger partial charge in [0.05, 0.1) is 30.5 Å². The molecule has 2 spiro atoms. The molecule has 2 aliphatic heterocycles. The number of carbonyl (C=O) groups is 2. The number of aliphatic hydroxyl groups excluding tert-OH is 2. The maximum Gasteiger partial charge on any atom is 0.303 e. The van der Waals surface area contributed by atoms with Gasteiger partial charge in [0.1, 0.15) is 12.2 Å². The maximum absolute atomic E-state index is 15.1. The number of ketones is 1. The van der Waals surface area contributed by atoms with Crippen LogP contribution in [0.4, 0.5) is 0 Å². The first-order valence-corrected chi connectivity index (χ1v) is 18.5. The van der Waals surface area contributed by atoms with Crippen LogP contribution in [0.5, 0.6) is 0 Å². The molecule has 0 radical (unpaired) electrons. The van der Waals surface area contributed by atoms with Gasteiger partial charge in [-0.25, -0.2) is 0 Å². The number of rotatable bonds is 5. The highest BCUT2D eigenvalue weighted by molar-refractivity contribution is 5.93. The third kappa shape index (κ3) is 4.28. The minimum absolute atomic E-state index is 0.0777. The van der Waals surface area contributed by atoms with Crippen LogP contribution in [0.2, 0.25) is 0 Å². The van der Waals surface area contributed by atoms with Gasteiger partial charge in [-0.3, -0.25) is 9.59 Å².